The predicted octanol–water partition coefficient (Wildman–Crippen LogP) is 1.52. The number of fused-ring (bicyclic) bond motifs is 1. The van der Waals surface area contributed by atoms with Crippen molar-refractivity contribution in [1.82, 2.24) is 24.9 Å². The number of nitrogens with zero attached hydrogens (tertiary/aromatic N) is 5. The highest BCUT2D eigenvalue weighted by molar-refractivity contribution is 5.97. The smallest absolute Gasteiger partial charge is 0.326 e. The molecular weight excluding hydrogens is 322 g/mol. The number of rotatable bonds is 3. The molecule has 3 atom stereocenters. The van der Waals surface area contributed by atoms with Crippen LogP contribution in [0.25, 0.3) is 5.69 Å². The lowest BCUT2D eigenvalue weighted by atomic mass is 9.84. The van der Waals surface area contributed by atoms with Crippen LogP contribution in [0.4, 0.5) is 0 Å². The van der Waals surface area contributed by atoms with Crippen molar-refractivity contribution in [2.75, 3.05) is 0 Å². The zero-order valence-corrected chi connectivity index (χ0v) is 13.7. The van der Waals surface area contributed by atoms with Gasteiger partial charge in [0.1, 0.15) is 6.04 Å². The van der Waals surface area contributed by atoms with Crippen molar-refractivity contribution < 1.29 is 14.7 Å². The average Bonchev–Trinajstić information content (AvgIpc) is 3.29. The first-order chi connectivity index (χ1) is 12.1. The van der Waals surface area contributed by atoms with E-state index in [0.717, 1.165) is 25.7 Å². The van der Waals surface area contributed by atoms with E-state index < -0.39 is 12.0 Å². The fraction of sp³-hybridized carbons (Fsp3) is 0.471. The Morgan fingerprint density at radius 3 is 2.80 bits per heavy atom. The van der Waals surface area contributed by atoms with Gasteiger partial charge in [-0.15, -0.1) is 5.10 Å². The highest BCUT2D eigenvalue weighted by Gasteiger charge is 2.47. The molecule has 8 heteroatoms. The minimum Gasteiger partial charge on any atom is -0.480 e. The minimum absolute atomic E-state index is 0.0115. The monoisotopic (exact) mass is 341 g/mol. The number of carboxylic acids is 1. The predicted molar refractivity (Wildman–Crippen MR) is 87.1 cm³/mol. The van der Waals surface area contributed by atoms with Crippen molar-refractivity contribution >= 4 is 11.9 Å². The lowest BCUT2D eigenvalue weighted by Gasteiger charge is -2.33. The molecule has 4 rings (SSSR count). The third-order valence-corrected chi connectivity index (χ3v) is 5.27. The Balaban J connectivity index is 1.67. The highest BCUT2D eigenvalue weighted by Crippen LogP contribution is 2.40. The van der Waals surface area contributed by atoms with Gasteiger partial charge in [0.25, 0.3) is 5.91 Å². The molecule has 0 radical (unpaired) electrons. The van der Waals surface area contributed by atoms with Crippen molar-refractivity contribution in [2.24, 2.45) is 5.92 Å². The van der Waals surface area contributed by atoms with Crippen LogP contribution < -0.4 is 0 Å². The van der Waals surface area contributed by atoms with Gasteiger partial charge < -0.3 is 10.0 Å². The summed E-state index contributed by atoms with van der Waals surface area (Å²) < 4.78 is 1.52. The summed E-state index contributed by atoms with van der Waals surface area (Å²) in [6, 6.07) is 0.937. The summed E-state index contributed by atoms with van der Waals surface area (Å²) in [6.07, 6.45) is 10.8. The van der Waals surface area contributed by atoms with Crippen LogP contribution in [0.5, 0.6) is 0 Å². The van der Waals surface area contributed by atoms with Crippen molar-refractivity contribution in [1.29, 1.82) is 0 Å². The second-order valence-electron chi connectivity index (χ2n) is 6.69. The van der Waals surface area contributed by atoms with Gasteiger partial charge in [-0.25, -0.2) is 9.48 Å². The molecule has 1 amide bonds. The number of likely N-dealkylation sites (tertiary alicyclic amines) is 1. The molecule has 0 spiro atoms. The largest absolute Gasteiger partial charge is 0.480 e. The minimum atomic E-state index is -0.928. The Bertz CT molecular complexity index is 791. The number of carboxylic acid groups (broad SMARTS) is 1. The maximum Gasteiger partial charge on any atom is 0.326 e. The number of hydrogen-bond donors (Lipinski definition) is 1. The summed E-state index contributed by atoms with van der Waals surface area (Å²) in [6.45, 7) is 0. The molecule has 2 aromatic heterocycles. The second-order valence-corrected chi connectivity index (χ2v) is 6.69. The summed E-state index contributed by atoms with van der Waals surface area (Å²) in [4.78, 5) is 30.5. The molecule has 2 aliphatic rings. The van der Waals surface area contributed by atoms with E-state index in [0.29, 0.717) is 17.7 Å². The molecule has 2 aromatic rings. The number of pyridine rings is 1. The maximum absolute atomic E-state index is 13.1. The number of amides is 1. The average molecular weight is 341 g/mol. The summed E-state index contributed by atoms with van der Waals surface area (Å²) in [7, 11) is 0. The van der Waals surface area contributed by atoms with Gasteiger partial charge >= 0.3 is 5.97 Å². The third kappa shape index (κ3) is 2.77. The van der Waals surface area contributed by atoms with Crippen LogP contribution in [0.2, 0.25) is 0 Å². The Morgan fingerprint density at radius 2 is 2.04 bits per heavy atom. The standard InChI is InChI=1S/C17H19N5O3/c23-16(12-7-13(10-18-9-12)21-6-5-19-20-21)22-14-4-2-1-3-11(14)8-15(22)17(24)25/h5-7,9-11,14-15H,1-4,8H2,(H,24,25). The Hall–Kier alpha value is -2.77. The van der Waals surface area contributed by atoms with E-state index in [2.05, 4.69) is 15.3 Å². The van der Waals surface area contributed by atoms with Crippen LogP contribution in [0.1, 0.15) is 42.5 Å². The van der Waals surface area contributed by atoms with Gasteiger partial charge in [0.15, 0.2) is 0 Å². The number of aromatic nitrogens is 4. The van der Waals surface area contributed by atoms with Gasteiger partial charge in [0.05, 0.1) is 29.8 Å². The topological polar surface area (TPSA) is 101 Å². The second kappa shape index (κ2) is 6.27. The van der Waals surface area contributed by atoms with Gasteiger partial charge in [-0.05, 0) is 31.2 Å². The van der Waals surface area contributed by atoms with Gasteiger partial charge in [-0.1, -0.05) is 18.1 Å². The zero-order chi connectivity index (χ0) is 17.4. The molecule has 1 N–H and O–H groups in total. The molecule has 2 fully saturated rings. The molecule has 1 saturated carbocycles. The van der Waals surface area contributed by atoms with Crippen LogP contribution in [0.3, 0.4) is 0 Å². The number of aliphatic carboxylic acids is 1. The zero-order valence-electron chi connectivity index (χ0n) is 13.7. The van der Waals surface area contributed by atoms with Crippen molar-refractivity contribution in [3.8, 4) is 5.69 Å². The fourth-order valence-corrected chi connectivity index (χ4v) is 4.14. The van der Waals surface area contributed by atoms with Crippen LogP contribution in [0.15, 0.2) is 30.9 Å². The highest BCUT2D eigenvalue weighted by atomic mass is 16.4. The van der Waals surface area contributed by atoms with E-state index in [-0.39, 0.29) is 17.9 Å². The summed E-state index contributed by atoms with van der Waals surface area (Å²) in [5.41, 5.74) is 1.00. The molecule has 1 saturated heterocycles. The molecular formula is C17H19N5O3. The summed E-state index contributed by atoms with van der Waals surface area (Å²) >= 11 is 0. The molecule has 0 bridgehead atoms. The van der Waals surface area contributed by atoms with E-state index in [1.807, 2.05) is 0 Å². The van der Waals surface area contributed by atoms with Crippen molar-refractivity contribution in [3.63, 3.8) is 0 Å². The van der Waals surface area contributed by atoms with Gasteiger partial charge in [-0.3, -0.25) is 9.78 Å². The van der Waals surface area contributed by atoms with Crippen LogP contribution in [0, 0.1) is 5.92 Å². The van der Waals surface area contributed by atoms with Crippen molar-refractivity contribution in [2.45, 2.75) is 44.2 Å². The van der Waals surface area contributed by atoms with Crippen LogP contribution in [-0.4, -0.2) is 53.9 Å². The fourth-order valence-electron chi connectivity index (χ4n) is 4.14. The van der Waals surface area contributed by atoms with E-state index in [1.54, 1.807) is 29.6 Å². The first kappa shape index (κ1) is 15.7. The first-order valence-corrected chi connectivity index (χ1v) is 8.52. The van der Waals surface area contributed by atoms with Gasteiger partial charge in [-0.2, -0.15) is 0 Å². The molecule has 3 heterocycles. The van der Waals surface area contributed by atoms with E-state index in [4.69, 9.17) is 0 Å². The first-order valence-electron chi connectivity index (χ1n) is 8.52. The number of carbonyl (C=O) groups excluding carboxylic acids is 1. The quantitative estimate of drug-likeness (QED) is 0.908. The third-order valence-electron chi connectivity index (χ3n) is 5.27. The molecule has 130 valence electrons. The summed E-state index contributed by atoms with van der Waals surface area (Å²) in [5, 5.41) is 17.3. The molecule has 3 unspecified atom stereocenters. The number of hydrogen-bond acceptors (Lipinski definition) is 5. The molecule has 1 aliphatic heterocycles. The normalized spacial score (nSPS) is 25.6. The molecule has 0 aromatic carbocycles. The van der Waals surface area contributed by atoms with E-state index in [9.17, 15) is 14.7 Å². The Kier molecular flexibility index (Phi) is 3.95. The van der Waals surface area contributed by atoms with E-state index in [1.165, 1.54) is 10.9 Å². The lowest BCUT2D eigenvalue weighted by Crippen LogP contribution is -2.46. The lowest BCUT2D eigenvalue weighted by molar-refractivity contribution is -0.141. The van der Waals surface area contributed by atoms with Crippen LogP contribution in [-0.2, 0) is 4.79 Å². The number of carbonyl (C=O) groups is 2. The van der Waals surface area contributed by atoms with Gasteiger partial charge in [0, 0.05) is 12.2 Å². The Labute approximate surface area is 144 Å². The molecule has 8 nitrogen and oxygen atoms in total. The Morgan fingerprint density at radius 1 is 1.20 bits per heavy atom. The van der Waals surface area contributed by atoms with Crippen molar-refractivity contribution in [3.05, 3.63) is 36.4 Å². The van der Waals surface area contributed by atoms with Gasteiger partial charge in [0.2, 0.25) is 0 Å². The summed E-state index contributed by atoms with van der Waals surface area (Å²) in [5.74, 6) is -0.912. The van der Waals surface area contributed by atoms with Crippen LogP contribution >= 0.6 is 0 Å². The molecule has 1 aliphatic carbocycles. The maximum atomic E-state index is 13.1. The van der Waals surface area contributed by atoms with E-state index >= 15 is 0 Å². The molecule has 25 heavy (non-hydrogen) atoms. The SMILES string of the molecule is O=C(O)C1CC2CCCCC2N1C(=O)c1cncc(-n2ccnn2)c1.